The van der Waals surface area contributed by atoms with Crippen LogP contribution in [0.3, 0.4) is 0 Å². The average molecular weight is 284 g/mol. The molecule has 8 heteroatoms. The molecule has 0 bridgehead atoms. The zero-order valence-electron chi connectivity index (χ0n) is 11.1. The van der Waals surface area contributed by atoms with Gasteiger partial charge in [0.15, 0.2) is 0 Å². The lowest BCUT2D eigenvalue weighted by molar-refractivity contribution is -0.143. The highest BCUT2D eigenvalue weighted by atomic mass is 19.4. The molecule has 0 radical (unpaired) electrons. The second kappa shape index (κ2) is 7.20. The number of carbonyl (C=O) groups is 2. The number of aliphatic carboxylic acids is 1. The number of hydrogen-bond acceptors (Lipinski definition) is 2. The van der Waals surface area contributed by atoms with Gasteiger partial charge in [-0.3, -0.25) is 4.79 Å². The third-order valence-electron chi connectivity index (χ3n) is 2.63. The van der Waals surface area contributed by atoms with Crippen LogP contribution in [0.4, 0.5) is 18.0 Å². The molecule has 0 fully saturated rings. The molecule has 5 nitrogen and oxygen atoms in total. The molecule has 19 heavy (non-hydrogen) atoms. The van der Waals surface area contributed by atoms with E-state index in [-0.39, 0.29) is 19.0 Å². The van der Waals surface area contributed by atoms with Gasteiger partial charge in [-0.15, -0.1) is 0 Å². The molecular formula is C11H19F3N2O3. The van der Waals surface area contributed by atoms with Gasteiger partial charge in [0.2, 0.25) is 0 Å². The first kappa shape index (κ1) is 17.5. The van der Waals surface area contributed by atoms with Crippen LogP contribution in [0.5, 0.6) is 0 Å². The van der Waals surface area contributed by atoms with Crippen molar-refractivity contribution in [3.63, 3.8) is 0 Å². The number of carbonyl (C=O) groups excluding carboxylic acids is 1. The lowest BCUT2D eigenvalue weighted by Crippen LogP contribution is -2.47. The molecule has 0 spiro atoms. The van der Waals surface area contributed by atoms with Gasteiger partial charge in [0.1, 0.15) is 6.54 Å². The predicted octanol–water partition coefficient (Wildman–Crippen LogP) is 1.94. The summed E-state index contributed by atoms with van der Waals surface area (Å²) in [7, 11) is 0. The standard InChI is InChI=1S/C11H19F3N2O3/c1-4-16(6-11(12,13)14)10(19)15-5-8(7(2)3)9(17)18/h7-8H,4-6H2,1-3H3,(H,15,19)(H,17,18). The van der Waals surface area contributed by atoms with Gasteiger partial charge in [0.25, 0.3) is 0 Å². The predicted molar refractivity (Wildman–Crippen MR) is 62.7 cm³/mol. The van der Waals surface area contributed by atoms with Gasteiger partial charge in [-0.05, 0) is 12.8 Å². The molecule has 1 unspecified atom stereocenters. The number of amides is 2. The van der Waals surface area contributed by atoms with E-state index in [1.165, 1.54) is 6.92 Å². The van der Waals surface area contributed by atoms with Crippen molar-refractivity contribution in [1.82, 2.24) is 10.2 Å². The van der Waals surface area contributed by atoms with Crippen LogP contribution in [-0.4, -0.2) is 47.8 Å². The maximum absolute atomic E-state index is 12.2. The van der Waals surface area contributed by atoms with E-state index < -0.39 is 30.6 Å². The average Bonchev–Trinajstić information content (AvgIpc) is 2.23. The van der Waals surface area contributed by atoms with Gasteiger partial charge in [-0.2, -0.15) is 13.2 Å². The zero-order valence-corrected chi connectivity index (χ0v) is 11.1. The van der Waals surface area contributed by atoms with Crippen molar-refractivity contribution in [2.24, 2.45) is 11.8 Å². The fourth-order valence-electron chi connectivity index (χ4n) is 1.46. The van der Waals surface area contributed by atoms with Crippen LogP contribution in [0.25, 0.3) is 0 Å². The van der Waals surface area contributed by atoms with Crippen LogP contribution >= 0.6 is 0 Å². The number of hydrogen-bond donors (Lipinski definition) is 2. The van der Waals surface area contributed by atoms with Gasteiger partial charge in [-0.25, -0.2) is 4.79 Å². The molecule has 1 atom stereocenters. The Hall–Kier alpha value is -1.47. The highest BCUT2D eigenvalue weighted by Crippen LogP contribution is 2.16. The Kier molecular flexibility index (Phi) is 6.64. The number of alkyl halides is 3. The van der Waals surface area contributed by atoms with Crippen LogP contribution in [0.2, 0.25) is 0 Å². The van der Waals surface area contributed by atoms with E-state index in [1.54, 1.807) is 13.8 Å². The van der Waals surface area contributed by atoms with E-state index in [9.17, 15) is 22.8 Å². The number of carboxylic acid groups (broad SMARTS) is 1. The summed E-state index contributed by atoms with van der Waals surface area (Å²) in [6, 6.07) is -0.910. The van der Waals surface area contributed by atoms with Gasteiger partial charge < -0.3 is 15.3 Å². The summed E-state index contributed by atoms with van der Waals surface area (Å²) < 4.78 is 36.6. The van der Waals surface area contributed by atoms with Crippen LogP contribution < -0.4 is 5.32 Å². The third kappa shape index (κ3) is 6.88. The van der Waals surface area contributed by atoms with Gasteiger partial charge in [0.05, 0.1) is 5.92 Å². The van der Waals surface area contributed by atoms with E-state index >= 15 is 0 Å². The molecule has 2 amide bonds. The third-order valence-corrected chi connectivity index (χ3v) is 2.63. The van der Waals surface area contributed by atoms with E-state index in [0.29, 0.717) is 4.90 Å². The number of carboxylic acids is 1. The molecule has 0 aliphatic heterocycles. The summed E-state index contributed by atoms with van der Waals surface area (Å²) in [4.78, 5) is 23.0. The van der Waals surface area contributed by atoms with Gasteiger partial charge in [0, 0.05) is 13.1 Å². The largest absolute Gasteiger partial charge is 0.481 e. The van der Waals surface area contributed by atoms with E-state index in [2.05, 4.69) is 5.32 Å². The Bertz CT molecular complexity index is 319. The summed E-state index contributed by atoms with van der Waals surface area (Å²) in [5.41, 5.74) is 0. The topological polar surface area (TPSA) is 69.6 Å². The minimum absolute atomic E-state index is 0.106. The fraction of sp³-hybridized carbons (Fsp3) is 0.818. The highest BCUT2D eigenvalue weighted by Gasteiger charge is 2.32. The first-order chi connectivity index (χ1) is 8.58. The summed E-state index contributed by atoms with van der Waals surface area (Å²) in [5, 5.41) is 11.1. The van der Waals surface area contributed by atoms with Crippen molar-refractivity contribution < 1.29 is 27.9 Å². The first-order valence-electron chi connectivity index (χ1n) is 5.90. The molecular weight excluding hydrogens is 265 g/mol. The molecule has 0 rings (SSSR count). The number of urea groups is 1. The van der Waals surface area contributed by atoms with Crippen molar-refractivity contribution >= 4 is 12.0 Å². The first-order valence-corrected chi connectivity index (χ1v) is 5.90. The Labute approximate surface area is 109 Å². The molecule has 0 aliphatic carbocycles. The quantitative estimate of drug-likeness (QED) is 0.783. The Balaban J connectivity index is 4.46. The van der Waals surface area contributed by atoms with Gasteiger partial charge >= 0.3 is 18.2 Å². The molecule has 112 valence electrons. The number of rotatable bonds is 6. The van der Waals surface area contributed by atoms with Crippen LogP contribution in [0.1, 0.15) is 20.8 Å². The second-order valence-electron chi connectivity index (χ2n) is 4.50. The molecule has 0 heterocycles. The van der Waals surface area contributed by atoms with E-state index in [1.807, 2.05) is 0 Å². The van der Waals surface area contributed by atoms with Crippen LogP contribution in [0, 0.1) is 11.8 Å². The molecule has 0 aromatic heterocycles. The van der Waals surface area contributed by atoms with Crippen molar-refractivity contribution in [2.75, 3.05) is 19.6 Å². The monoisotopic (exact) mass is 284 g/mol. The Morgan fingerprint density at radius 2 is 1.84 bits per heavy atom. The van der Waals surface area contributed by atoms with Crippen molar-refractivity contribution in [3.05, 3.63) is 0 Å². The molecule has 2 N–H and O–H groups in total. The van der Waals surface area contributed by atoms with Crippen molar-refractivity contribution in [2.45, 2.75) is 26.9 Å². The van der Waals surface area contributed by atoms with Crippen LogP contribution in [-0.2, 0) is 4.79 Å². The molecule has 0 saturated heterocycles. The second-order valence-corrected chi connectivity index (χ2v) is 4.50. The van der Waals surface area contributed by atoms with Crippen molar-refractivity contribution in [3.8, 4) is 0 Å². The fourth-order valence-corrected chi connectivity index (χ4v) is 1.46. The minimum Gasteiger partial charge on any atom is -0.481 e. The normalized spacial score (nSPS) is 13.2. The van der Waals surface area contributed by atoms with E-state index in [4.69, 9.17) is 5.11 Å². The zero-order chi connectivity index (χ0) is 15.2. The molecule has 0 saturated carbocycles. The van der Waals surface area contributed by atoms with Crippen LogP contribution in [0.15, 0.2) is 0 Å². The number of nitrogens with one attached hydrogen (secondary N) is 1. The summed E-state index contributed by atoms with van der Waals surface area (Å²) in [6.45, 7) is 3.10. The smallest absolute Gasteiger partial charge is 0.406 e. The lowest BCUT2D eigenvalue weighted by atomic mass is 9.96. The maximum Gasteiger partial charge on any atom is 0.406 e. The van der Waals surface area contributed by atoms with Gasteiger partial charge in [-0.1, -0.05) is 13.8 Å². The highest BCUT2D eigenvalue weighted by molar-refractivity contribution is 5.76. The summed E-state index contributed by atoms with van der Waals surface area (Å²) in [5.74, 6) is -2.14. The molecule has 0 aromatic carbocycles. The van der Waals surface area contributed by atoms with Crippen molar-refractivity contribution in [1.29, 1.82) is 0 Å². The Morgan fingerprint density at radius 1 is 1.32 bits per heavy atom. The minimum atomic E-state index is -4.47. The lowest BCUT2D eigenvalue weighted by Gasteiger charge is -2.24. The summed E-state index contributed by atoms with van der Waals surface area (Å²) in [6.07, 6.45) is -4.47. The molecule has 0 aromatic rings. The molecule has 0 aliphatic rings. The number of nitrogens with zero attached hydrogens (tertiary/aromatic N) is 1. The van der Waals surface area contributed by atoms with E-state index in [0.717, 1.165) is 0 Å². The maximum atomic E-state index is 12.2. The SMILES string of the molecule is CCN(CC(F)(F)F)C(=O)NCC(C(=O)O)C(C)C. The summed E-state index contributed by atoms with van der Waals surface area (Å²) >= 11 is 0. The Morgan fingerprint density at radius 3 is 2.16 bits per heavy atom. The number of halogens is 3.